The second kappa shape index (κ2) is 8.03. The first-order valence-corrected chi connectivity index (χ1v) is 9.49. The van der Waals surface area contributed by atoms with Crippen LogP contribution in [0, 0.1) is 0 Å². The smallest absolute Gasteiger partial charge is 0.411 e. The molecular weight excluding hydrogens is 404 g/mol. The Hall–Kier alpha value is -1.85. The minimum atomic E-state index is -0.343. The minimum Gasteiger partial charge on any atom is -1.00 e. The molecule has 0 unspecified atom stereocenters. The number of hydrogen-bond acceptors (Lipinski definition) is 2. The summed E-state index contributed by atoms with van der Waals surface area (Å²) < 4.78 is 6.88. The Bertz CT molecular complexity index is 778. The largest absolute Gasteiger partial charge is 1.00 e. The van der Waals surface area contributed by atoms with Crippen LogP contribution in [0.1, 0.15) is 25.7 Å². The van der Waals surface area contributed by atoms with Crippen molar-refractivity contribution in [3.8, 4) is 11.1 Å². The van der Waals surface area contributed by atoms with E-state index < -0.39 is 0 Å². The van der Waals surface area contributed by atoms with Crippen LogP contribution >= 0.6 is 0 Å². The molecule has 2 saturated heterocycles. The third-order valence-electron chi connectivity index (χ3n) is 6.31. The molecule has 2 aromatic carbocycles. The van der Waals surface area contributed by atoms with E-state index in [1.807, 2.05) is 54.6 Å². The highest BCUT2D eigenvalue weighted by Gasteiger charge is 2.49. The average Bonchev–Trinajstić information content (AvgIpc) is 2.80. The summed E-state index contributed by atoms with van der Waals surface area (Å²) in [5.74, 6) is 0. The molecule has 2 heterocycles. The van der Waals surface area contributed by atoms with Crippen LogP contribution in [-0.2, 0) is 4.74 Å². The molecule has 0 aliphatic carbocycles. The van der Waals surface area contributed by atoms with Gasteiger partial charge in [0.2, 0.25) is 0 Å². The van der Waals surface area contributed by atoms with Crippen LogP contribution in [-0.4, -0.2) is 42.9 Å². The molecular formula is C22H27BrN2O2. The van der Waals surface area contributed by atoms with Crippen molar-refractivity contribution >= 4 is 11.8 Å². The van der Waals surface area contributed by atoms with E-state index in [2.05, 4.69) is 19.4 Å². The molecule has 2 fully saturated rings. The Morgan fingerprint density at radius 3 is 2.22 bits per heavy atom. The van der Waals surface area contributed by atoms with Gasteiger partial charge in [0.15, 0.2) is 0 Å². The monoisotopic (exact) mass is 430 g/mol. The number of halogens is 1. The highest BCUT2D eigenvalue weighted by Crippen LogP contribution is 2.40. The number of carbonyl (C=O) groups is 1. The number of carbonyl (C=O) groups excluding carboxylic acids is 1. The molecule has 5 heteroatoms. The fourth-order valence-corrected chi connectivity index (χ4v) is 4.68. The van der Waals surface area contributed by atoms with Gasteiger partial charge in [0.05, 0.1) is 31.9 Å². The number of nitrogens with zero attached hydrogens (tertiary/aromatic N) is 1. The van der Waals surface area contributed by atoms with Crippen molar-refractivity contribution in [2.75, 3.05) is 19.4 Å². The molecule has 3 atom stereocenters. The van der Waals surface area contributed by atoms with Crippen LogP contribution in [0.5, 0.6) is 0 Å². The molecule has 0 spiro atoms. The van der Waals surface area contributed by atoms with Gasteiger partial charge in [-0.05, 0) is 11.6 Å². The Kier molecular flexibility index (Phi) is 5.92. The molecule has 27 heavy (non-hydrogen) atoms. The minimum absolute atomic E-state index is 0. The molecule has 0 radical (unpaired) electrons. The summed E-state index contributed by atoms with van der Waals surface area (Å²) in [6.45, 7) is 0. The summed E-state index contributed by atoms with van der Waals surface area (Å²) in [6, 6.07) is 19.2. The van der Waals surface area contributed by atoms with Gasteiger partial charge < -0.3 is 26.2 Å². The topological polar surface area (TPSA) is 38.3 Å². The first-order valence-electron chi connectivity index (χ1n) is 9.49. The van der Waals surface area contributed by atoms with Crippen molar-refractivity contribution < 1.29 is 31.0 Å². The summed E-state index contributed by atoms with van der Waals surface area (Å²) in [5, 5.41) is 2.96. The molecule has 2 bridgehead atoms. The van der Waals surface area contributed by atoms with Gasteiger partial charge in [0, 0.05) is 31.2 Å². The van der Waals surface area contributed by atoms with E-state index in [1.165, 1.54) is 12.8 Å². The van der Waals surface area contributed by atoms with Gasteiger partial charge in [-0.15, -0.1) is 0 Å². The average molecular weight is 431 g/mol. The van der Waals surface area contributed by atoms with Crippen molar-refractivity contribution in [3.63, 3.8) is 0 Å². The lowest BCUT2D eigenvalue weighted by atomic mass is 9.98. The van der Waals surface area contributed by atoms with E-state index in [0.717, 1.165) is 34.1 Å². The van der Waals surface area contributed by atoms with E-state index in [0.29, 0.717) is 12.1 Å². The van der Waals surface area contributed by atoms with E-state index in [9.17, 15) is 4.79 Å². The molecule has 1 N–H and O–H groups in total. The van der Waals surface area contributed by atoms with Gasteiger partial charge in [-0.1, -0.05) is 48.5 Å². The van der Waals surface area contributed by atoms with Gasteiger partial charge >= 0.3 is 6.09 Å². The molecule has 2 aromatic rings. The quantitative estimate of drug-likeness (QED) is 0.752. The van der Waals surface area contributed by atoms with Crippen molar-refractivity contribution in [3.05, 3.63) is 54.6 Å². The maximum Gasteiger partial charge on any atom is 0.411 e. The number of ether oxygens (including phenoxy) is 1. The number of rotatable bonds is 3. The number of fused-ring (bicyclic) bond motifs is 2. The van der Waals surface area contributed by atoms with Crippen LogP contribution < -0.4 is 22.3 Å². The fourth-order valence-electron chi connectivity index (χ4n) is 4.68. The summed E-state index contributed by atoms with van der Waals surface area (Å²) in [4.78, 5) is 12.5. The third-order valence-corrected chi connectivity index (χ3v) is 6.31. The number of piperidine rings is 1. The van der Waals surface area contributed by atoms with Crippen molar-refractivity contribution in [2.45, 2.75) is 43.9 Å². The zero-order valence-electron chi connectivity index (χ0n) is 15.9. The van der Waals surface area contributed by atoms with Gasteiger partial charge in [0.25, 0.3) is 0 Å². The zero-order valence-corrected chi connectivity index (χ0v) is 17.5. The molecule has 2 aliphatic heterocycles. The number of quaternary nitrogens is 1. The van der Waals surface area contributed by atoms with Crippen LogP contribution in [0.4, 0.5) is 10.5 Å². The second-order valence-electron chi connectivity index (χ2n) is 8.05. The normalized spacial score (nSPS) is 25.3. The predicted octanol–water partition coefficient (Wildman–Crippen LogP) is 1.68. The van der Waals surface area contributed by atoms with Crippen LogP contribution in [0.25, 0.3) is 11.1 Å². The Morgan fingerprint density at radius 1 is 0.963 bits per heavy atom. The third kappa shape index (κ3) is 4.04. The molecule has 0 saturated carbocycles. The maximum absolute atomic E-state index is 12.5. The van der Waals surface area contributed by atoms with E-state index >= 15 is 0 Å². The second-order valence-corrected chi connectivity index (χ2v) is 8.05. The Labute approximate surface area is 171 Å². The van der Waals surface area contributed by atoms with E-state index in [-0.39, 0.29) is 29.2 Å². The van der Waals surface area contributed by atoms with Gasteiger partial charge in [-0.25, -0.2) is 4.79 Å². The van der Waals surface area contributed by atoms with Crippen molar-refractivity contribution in [1.82, 2.24) is 0 Å². The lowest BCUT2D eigenvalue weighted by molar-refractivity contribution is -0.931. The zero-order chi connectivity index (χ0) is 18.1. The van der Waals surface area contributed by atoms with E-state index in [1.54, 1.807) is 0 Å². The Morgan fingerprint density at radius 2 is 1.56 bits per heavy atom. The predicted molar refractivity (Wildman–Crippen MR) is 104 cm³/mol. The lowest BCUT2D eigenvalue weighted by Crippen LogP contribution is -3.00. The molecule has 4 nitrogen and oxygen atoms in total. The molecule has 0 aromatic heterocycles. The van der Waals surface area contributed by atoms with Crippen LogP contribution in [0.2, 0.25) is 0 Å². The number of anilines is 1. The summed E-state index contributed by atoms with van der Waals surface area (Å²) in [5.41, 5.74) is 2.88. The van der Waals surface area contributed by atoms with Crippen LogP contribution in [0.15, 0.2) is 54.6 Å². The first kappa shape index (κ1) is 19.9. The van der Waals surface area contributed by atoms with Gasteiger partial charge in [-0.3, -0.25) is 5.32 Å². The summed E-state index contributed by atoms with van der Waals surface area (Å²) in [7, 11) is 4.63. The number of hydrogen-bond donors (Lipinski definition) is 1. The molecule has 1 amide bonds. The SMILES string of the molecule is C[N+]1(C)[C@@H]2CC[C@H]1C[C@@H](OC(=O)Nc1ccccc1-c1ccccc1)C2.[Br-]. The number of amides is 1. The molecule has 4 rings (SSSR count). The van der Waals surface area contributed by atoms with Crippen molar-refractivity contribution in [2.24, 2.45) is 0 Å². The van der Waals surface area contributed by atoms with Gasteiger partial charge in [-0.2, -0.15) is 0 Å². The maximum atomic E-state index is 12.5. The van der Waals surface area contributed by atoms with Gasteiger partial charge in [0.1, 0.15) is 6.10 Å². The molecule has 144 valence electrons. The Balaban J connectivity index is 0.00000210. The fraction of sp³-hybridized carbons (Fsp3) is 0.409. The number of nitrogens with one attached hydrogen (secondary N) is 1. The highest BCUT2D eigenvalue weighted by molar-refractivity contribution is 5.91. The summed E-state index contributed by atoms with van der Waals surface area (Å²) in [6.07, 6.45) is 4.12. The lowest BCUT2D eigenvalue weighted by Gasteiger charge is -2.43. The standard InChI is InChI=1S/C22H26N2O2.BrH/c1-24(2)17-12-13-18(24)15-19(14-17)26-22(25)23-21-11-7-6-10-20(21)16-8-4-3-5-9-16;/h3-11,17-19H,12-15H2,1-2H3;1H/t17-,18+,19+;. The highest BCUT2D eigenvalue weighted by atomic mass is 79.9. The van der Waals surface area contributed by atoms with E-state index in [4.69, 9.17) is 4.74 Å². The summed E-state index contributed by atoms with van der Waals surface area (Å²) >= 11 is 0. The number of para-hydroxylation sites is 1. The molecule has 2 aliphatic rings. The number of benzene rings is 2. The first-order chi connectivity index (χ1) is 12.5. The van der Waals surface area contributed by atoms with Crippen LogP contribution in [0.3, 0.4) is 0 Å². The van der Waals surface area contributed by atoms with Crippen molar-refractivity contribution in [1.29, 1.82) is 0 Å².